The lowest BCUT2D eigenvalue weighted by Gasteiger charge is -2.13. The van der Waals surface area contributed by atoms with Gasteiger partial charge in [-0.2, -0.15) is 0 Å². The van der Waals surface area contributed by atoms with Crippen molar-refractivity contribution in [2.24, 2.45) is 0 Å². The number of benzene rings is 2. The predicted octanol–water partition coefficient (Wildman–Crippen LogP) is 3.39. The van der Waals surface area contributed by atoms with Crippen LogP contribution in [0.1, 0.15) is 23.6 Å². The minimum atomic E-state index is -0.0906. The fourth-order valence-corrected chi connectivity index (χ4v) is 2.98. The number of ether oxygens (including phenoxy) is 2. The molecule has 3 rings (SSSR count). The van der Waals surface area contributed by atoms with Crippen molar-refractivity contribution in [1.82, 2.24) is 5.32 Å². The van der Waals surface area contributed by atoms with Crippen LogP contribution in [0.3, 0.4) is 0 Å². The molecule has 4 nitrogen and oxygen atoms in total. The zero-order valence-electron chi connectivity index (χ0n) is 14.6. The third-order valence-corrected chi connectivity index (χ3v) is 4.21. The van der Waals surface area contributed by atoms with E-state index in [1.165, 1.54) is 5.56 Å². The third-order valence-electron chi connectivity index (χ3n) is 4.21. The third kappa shape index (κ3) is 4.63. The fraction of sp³-hybridized carbons (Fsp3) is 0.286. The summed E-state index contributed by atoms with van der Waals surface area (Å²) < 4.78 is 10.7. The van der Waals surface area contributed by atoms with E-state index in [1.54, 1.807) is 13.2 Å². The van der Waals surface area contributed by atoms with Crippen molar-refractivity contribution in [1.29, 1.82) is 0 Å². The van der Waals surface area contributed by atoms with Gasteiger partial charge in [-0.1, -0.05) is 18.2 Å². The molecule has 0 fully saturated rings. The molecule has 2 aromatic carbocycles. The van der Waals surface area contributed by atoms with Gasteiger partial charge >= 0.3 is 0 Å². The van der Waals surface area contributed by atoms with Crippen LogP contribution in [-0.2, 0) is 17.6 Å². The Hall–Kier alpha value is -2.75. The van der Waals surface area contributed by atoms with E-state index in [1.807, 2.05) is 49.4 Å². The maximum Gasteiger partial charge on any atom is 0.244 e. The zero-order valence-corrected chi connectivity index (χ0v) is 14.6. The van der Waals surface area contributed by atoms with E-state index in [2.05, 4.69) is 11.4 Å². The van der Waals surface area contributed by atoms with E-state index in [0.29, 0.717) is 0 Å². The molecule has 1 aliphatic heterocycles. The summed E-state index contributed by atoms with van der Waals surface area (Å²) in [6.45, 7) is 2.74. The highest BCUT2D eigenvalue weighted by Gasteiger charge is 2.11. The molecule has 1 amide bonds. The van der Waals surface area contributed by atoms with Crippen LogP contribution < -0.4 is 14.8 Å². The Morgan fingerprint density at radius 3 is 3.04 bits per heavy atom. The first kappa shape index (κ1) is 17.1. The number of hydrogen-bond acceptors (Lipinski definition) is 3. The fourth-order valence-electron chi connectivity index (χ4n) is 2.98. The van der Waals surface area contributed by atoms with Gasteiger partial charge in [0.25, 0.3) is 0 Å². The van der Waals surface area contributed by atoms with Crippen LogP contribution in [0.2, 0.25) is 0 Å². The maximum atomic E-state index is 12.1. The lowest BCUT2D eigenvalue weighted by molar-refractivity contribution is -0.117. The Labute approximate surface area is 148 Å². The van der Waals surface area contributed by atoms with E-state index in [0.717, 1.165) is 42.1 Å². The molecule has 0 radical (unpaired) electrons. The van der Waals surface area contributed by atoms with Gasteiger partial charge in [-0.25, -0.2) is 0 Å². The summed E-state index contributed by atoms with van der Waals surface area (Å²) in [6.07, 6.45) is 5.11. The standard InChI is InChI=1S/C21H23NO3/c1-15(12-17-4-3-5-19(14-17)24-2)22-21(23)9-7-16-6-8-20-18(13-16)10-11-25-20/h3-9,13-15H,10-12H2,1-2H3,(H,22,23)/b9-7+. The molecule has 1 unspecified atom stereocenters. The number of nitrogens with one attached hydrogen (secondary N) is 1. The number of methoxy groups -OCH3 is 1. The Bertz CT molecular complexity index is 782. The van der Waals surface area contributed by atoms with Gasteiger partial charge in [0.1, 0.15) is 11.5 Å². The smallest absolute Gasteiger partial charge is 0.244 e. The van der Waals surface area contributed by atoms with E-state index in [9.17, 15) is 4.79 Å². The van der Waals surface area contributed by atoms with Gasteiger partial charge in [-0.15, -0.1) is 0 Å². The molecule has 2 aromatic rings. The van der Waals surface area contributed by atoms with E-state index in [4.69, 9.17) is 9.47 Å². The van der Waals surface area contributed by atoms with Crippen molar-refractivity contribution in [3.05, 3.63) is 65.2 Å². The molecule has 0 aliphatic carbocycles. The number of rotatable bonds is 6. The van der Waals surface area contributed by atoms with Gasteiger partial charge in [0, 0.05) is 18.5 Å². The zero-order chi connectivity index (χ0) is 17.6. The van der Waals surface area contributed by atoms with Crippen molar-refractivity contribution >= 4 is 12.0 Å². The average molecular weight is 337 g/mol. The molecule has 1 aliphatic rings. The lowest BCUT2D eigenvalue weighted by atomic mass is 10.1. The highest BCUT2D eigenvalue weighted by Crippen LogP contribution is 2.26. The van der Waals surface area contributed by atoms with Crippen LogP contribution in [0.15, 0.2) is 48.5 Å². The van der Waals surface area contributed by atoms with E-state index < -0.39 is 0 Å². The molecule has 0 spiro atoms. The Morgan fingerprint density at radius 2 is 2.20 bits per heavy atom. The first-order chi connectivity index (χ1) is 12.1. The molecule has 25 heavy (non-hydrogen) atoms. The average Bonchev–Trinajstić information content (AvgIpc) is 3.07. The highest BCUT2D eigenvalue weighted by molar-refractivity contribution is 5.91. The van der Waals surface area contributed by atoms with Crippen LogP contribution >= 0.6 is 0 Å². The molecule has 0 bridgehead atoms. The molecule has 0 aromatic heterocycles. The molecule has 1 heterocycles. The van der Waals surface area contributed by atoms with Crippen LogP contribution in [0.25, 0.3) is 6.08 Å². The molecule has 0 saturated carbocycles. The monoisotopic (exact) mass is 337 g/mol. The largest absolute Gasteiger partial charge is 0.497 e. The second-order valence-electron chi connectivity index (χ2n) is 6.26. The van der Waals surface area contributed by atoms with Crippen LogP contribution in [0, 0.1) is 0 Å². The highest BCUT2D eigenvalue weighted by atomic mass is 16.5. The first-order valence-corrected chi connectivity index (χ1v) is 8.51. The molecule has 4 heteroatoms. The minimum Gasteiger partial charge on any atom is -0.497 e. The number of hydrogen-bond donors (Lipinski definition) is 1. The lowest BCUT2D eigenvalue weighted by Crippen LogP contribution is -2.32. The summed E-state index contributed by atoms with van der Waals surface area (Å²) in [5.41, 5.74) is 3.35. The molecule has 0 saturated heterocycles. The molecule has 1 N–H and O–H groups in total. The maximum absolute atomic E-state index is 12.1. The Morgan fingerprint density at radius 1 is 1.32 bits per heavy atom. The van der Waals surface area contributed by atoms with Gasteiger partial charge in [0.05, 0.1) is 13.7 Å². The number of carbonyl (C=O) groups is 1. The Balaban J connectivity index is 1.54. The summed E-state index contributed by atoms with van der Waals surface area (Å²) >= 11 is 0. The Kier molecular flexibility index (Phi) is 5.39. The summed E-state index contributed by atoms with van der Waals surface area (Å²) in [5.74, 6) is 1.69. The number of carbonyl (C=O) groups excluding carboxylic acids is 1. The van der Waals surface area contributed by atoms with Crippen LogP contribution in [0.5, 0.6) is 11.5 Å². The normalized spacial score (nSPS) is 14.0. The van der Waals surface area contributed by atoms with E-state index in [-0.39, 0.29) is 11.9 Å². The molecule has 1 atom stereocenters. The van der Waals surface area contributed by atoms with Crippen molar-refractivity contribution in [2.75, 3.05) is 13.7 Å². The predicted molar refractivity (Wildman–Crippen MR) is 99.0 cm³/mol. The summed E-state index contributed by atoms with van der Waals surface area (Å²) in [4.78, 5) is 12.1. The number of amides is 1. The van der Waals surface area contributed by atoms with Gasteiger partial charge < -0.3 is 14.8 Å². The van der Waals surface area contributed by atoms with Crippen LogP contribution in [0.4, 0.5) is 0 Å². The SMILES string of the molecule is COc1cccc(CC(C)NC(=O)/C=C/c2ccc3c(c2)CCO3)c1. The first-order valence-electron chi connectivity index (χ1n) is 8.51. The minimum absolute atomic E-state index is 0.0395. The van der Waals surface area contributed by atoms with Gasteiger partial charge in [0.2, 0.25) is 5.91 Å². The van der Waals surface area contributed by atoms with Gasteiger partial charge in [0.15, 0.2) is 0 Å². The molecular weight excluding hydrogens is 314 g/mol. The summed E-state index contributed by atoms with van der Waals surface area (Å²) in [6, 6.07) is 13.9. The van der Waals surface area contributed by atoms with Gasteiger partial charge in [-0.3, -0.25) is 4.79 Å². The quantitative estimate of drug-likeness (QED) is 0.822. The van der Waals surface area contributed by atoms with Gasteiger partial charge in [-0.05, 0) is 60.4 Å². The molecule has 130 valence electrons. The second kappa shape index (κ2) is 7.88. The van der Waals surface area contributed by atoms with E-state index >= 15 is 0 Å². The van der Waals surface area contributed by atoms with Crippen molar-refractivity contribution < 1.29 is 14.3 Å². The number of fused-ring (bicyclic) bond motifs is 1. The van der Waals surface area contributed by atoms with Crippen molar-refractivity contribution in [2.45, 2.75) is 25.8 Å². The van der Waals surface area contributed by atoms with Crippen LogP contribution in [-0.4, -0.2) is 25.7 Å². The van der Waals surface area contributed by atoms with Crippen molar-refractivity contribution in [3.63, 3.8) is 0 Å². The van der Waals surface area contributed by atoms with Crippen molar-refractivity contribution in [3.8, 4) is 11.5 Å². The summed E-state index contributed by atoms with van der Waals surface area (Å²) in [7, 11) is 1.65. The second-order valence-corrected chi connectivity index (χ2v) is 6.26. The topological polar surface area (TPSA) is 47.6 Å². The molecular formula is C21H23NO3. The summed E-state index contributed by atoms with van der Waals surface area (Å²) in [5, 5.41) is 3.00.